The van der Waals surface area contributed by atoms with E-state index in [0.717, 1.165) is 14.6 Å². The van der Waals surface area contributed by atoms with Crippen LogP contribution in [0.5, 0.6) is 0 Å². The van der Waals surface area contributed by atoms with Gasteiger partial charge in [-0.25, -0.2) is 4.98 Å². The van der Waals surface area contributed by atoms with E-state index in [1.54, 1.807) is 6.07 Å². The van der Waals surface area contributed by atoms with Crippen LogP contribution in [0.1, 0.15) is 0 Å². The Morgan fingerprint density at radius 3 is 2.70 bits per heavy atom. The fourth-order valence-electron chi connectivity index (χ4n) is 2.23. The predicted octanol–water partition coefficient (Wildman–Crippen LogP) is 4.57. The van der Waals surface area contributed by atoms with Crippen LogP contribution in [0.2, 0.25) is 0 Å². The molecule has 0 unspecified atom stereocenters. The van der Waals surface area contributed by atoms with Crippen molar-refractivity contribution in [3.8, 4) is 0 Å². The molecule has 2 aromatic heterocycles. The molecule has 5 nitrogen and oxygen atoms in total. The third-order valence-electron chi connectivity index (χ3n) is 3.24. The molecule has 0 aliphatic carbocycles. The highest BCUT2D eigenvalue weighted by Crippen LogP contribution is 2.28. The lowest BCUT2D eigenvalue weighted by molar-refractivity contribution is 0.919. The normalized spacial score (nSPS) is 11.2. The van der Waals surface area contributed by atoms with Gasteiger partial charge in [0.1, 0.15) is 0 Å². The van der Waals surface area contributed by atoms with Gasteiger partial charge >= 0.3 is 0 Å². The molecule has 0 radical (unpaired) electrons. The summed E-state index contributed by atoms with van der Waals surface area (Å²) in [5, 5.41) is 8.65. The summed E-state index contributed by atoms with van der Waals surface area (Å²) in [6.07, 6.45) is 0. The van der Waals surface area contributed by atoms with Gasteiger partial charge in [-0.2, -0.15) is 4.52 Å². The van der Waals surface area contributed by atoms with Gasteiger partial charge in [-0.15, -0.1) is 5.10 Å². The Bertz CT molecular complexity index is 1090. The second-order valence-electron chi connectivity index (χ2n) is 4.79. The van der Waals surface area contributed by atoms with Gasteiger partial charge in [0.15, 0.2) is 0 Å². The van der Waals surface area contributed by atoms with E-state index >= 15 is 0 Å². The molecular weight excluding hydrogens is 444 g/mol. The molecule has 23 heavy (non-hydrogen) atoms. The van der Waals surface area contributed by atoms with Crippen molar-refractivity contribution in [2.24, 2.45) is 0 Å². The van der Waals surface area contributed by atoms with E-state index in [4.69, 9.17) is 0 Å². The van der Waals surface area contributed by atoms with Crippen LogP contribution >= 0.6 is 43.2 Å². The highest BCUT2D eigenvalue weighted by molar-refractivity contribution is 9.11. The maximum Gasteiger partial charge on any atom is 0.283 e. The molecule has 0 amide bonds. The molecule has 1 N–H and O–H groups in total. The lowest BCUT2D eigenvalue weighted by atomic mass is 10.2. The number of nitrogens with one attached hydrogen (secondary N) is 1. The number of hydrogen-bond acceptors (Lipinski definition) is 5. The van der Waals surface area contributed by atoms with Gasteiger partial charge < -0.3 is 5.32 Å². The summed E-state index contributed by atoms with van der Waals surface area (Å²) in [6.45, 7) is 0. The first kappa shape index (κ1) is 14.8. The molecule has 0 bridgehead atoms. The molecule has 2 aromatic carbocycles. The minimum Gasteiger partial charge on any atom is -0.330 e. The molecule has 0 spiro atoms. The van der Waals surface area contributed by atoms with Gasteiger partial charge in [0.25, 0.3) is 5.56 Å². The van der Waals surface area contributed by atoms with Gasteiger partial charge in [-0.1, -0.05) is 45.5 Å². The number of para-hydroxylation sites is 1. The van der Waals surface area contributed by atoms with Crippen LogP contribution in [-0.4, -0.2) is 14.6 Å². The fraction of sp³-hybridized carbons (Fsp3) is 0. The van der Waals surface area contributed by atoms with E-state index in [1.165, 1.54) is 15.9 Å². The van der Waals surface area contributed by atoms with Crippen LogP contribution < -0.4 is 10.9 Å². The number of halogens is 2. The van der Waals surface area contributed by atoms with Crippen LogP contribution in [0.3, 0.4) is 0 Å². The summed E-state index contributed by atoms with van der Waals surface area (Å²) in [6, 6.07) is 13.3. The third-order valence-corrected chi connectivity index (χ3v) is 5.13. The van der Waals surface area contributed by atoms with Crippen molar-refractivity contribution in [1.29, 1.82) is 0 Å². The van der Waals surface area contributed by atoms with E-state index in [1.807, 2.05) is 36.4 Å². The Morgan fingerprint density at radius 2 is 1.91 bits per heavy atom. The summed E-state index contributed by atoms with van der Waals surface area (Å²) in [5.74, 6) is 0. The number of rotatable bonds is 2. The van der Waals surface area contributed by atoms with Crippen molar-refractivity contribution >= 4 is 69.9 Å². The van der Waals surface area contributed by atoms with Crippen LogP contribution in [0.15, 0.2) is 56.2 Å². The van der Waals surface area contributed by atoms with Gasteiger partial charge in [0.2, 0.25) is 10.1 Å². The van der Waals surface area contributed by atoms with Gasteiger partial charge in [0, 0.05) is 14.6 Å². The Hall–Kier alpha value is -1.77. The van der Waals surface area contributed by atoms with Crippen molar-refractivity contribution in [3.63, 3.8) is 0 Å². The quantitative estimate of drug-likeness (QED) is 0.484. The smallest absolute Gasteiger partial charge is 0.283 e. The number of hydrogen-bond donors (Lipinski definition) is 1. The van der Waals surface area contributed by atoms with Crippen molar-refractivity contribution in [2.45, 2.75) is 0 Å². The maximum atomic E-state index is 12.7. The molecule has 0 aliphatic heterocycles. The zero-order chi connectivity index (χ0) is 16.0. The molecule has 0 atom stereocenters. The Balaban J connectivity index is 1.92. The third kappa shape index (κ3) is 2.66. The lowest BCUT2D eigenvalue weighted by Gasteiger charge is -2.00. The van der Waals surface area contributed by atoms with E-state index in [9.17, 15) is 4.79 Å². The molecule has 2 heterocycles. The van der Waals surface area contributed by atoms with E-state index in [2.05, 4.69) is 47.3 Å². The number of anilines is 2. The summed E-state index contributed by atoms with van der Waals surface area (Å²) < 4.78 is 2.91. The van der Waals surface area contributed by atoms with Crippen molar-refractivity contribution < 1.29 is 0 Å². The second-order valence-corrected chi connectivity index (χ2v) is 7.52. The van der Waals surface area contributed by atoms with Crippen molar-refractivity contribution in [1.82, 2.24) is 14.6 Å². The molecule has 4 aromatic rings. The minimum absolute atomic E-state index is 0.190. The Kier molecular flexibility index (Phi) is 3.67. The molecule has 0 aliphatic rings. The Labute approximate surface area is 151 Å². The van der Waals surface area contributed by atoms with E-state index < -0.39 is 0 Å². The molecule has 0 fully saturated rings. The molecular formula is C15H8Br2N4OS. The predicted molar refractivity (Wildman–Crippen MR) is 99.8 cm³/mol. The number of nitrogens with zero attached hydrogens (tertiary/aromatic N) is 3. The molecule has 0 saturated carbocycles. The minimum atomic E-state index is -0.190. The van der Waals surface area contributed by atoms with Crippen LogP contribution in [0.4, 0.5) is 10.8 Å². The zero-order valence-electron chi connectivity index (χ0n) is 11.5. The summed E-state index contributed by atoms with van der Waals surface area (Å²) in [4.78, 5) is 17.8. The first-order valence-electron chi connectivity index (χ1n) is 6.62. The number of benzene rings is 2. The van der Waals surface area contributed by atoms with Gasteiger partial charge in [-0.3, -0.25) is 4.79 Å². The highest BCUT2D eigenvalue weighted by Gasteiger charge is 2.13. The first-order chi connectivity index (χ1) is 11.1. The standard InChI is InChI=1S/C15H8Br2N4OS/c16-8-6-10-12(11(17)7-8)19-15-21(13(10)22)20-14(23-15)18-9-4-2-1-3-5-9/h1-7H,(H,18,20). The van der Waals surface area contributed by atoms with E-state index in [0.29, 0.717) is 21.0 Å². The molecule has 8 heteroatoms. The van der Waals surface area contributed by atoms with Crippen LogP contribution in [0, 0.1) is 0 Å². The van der Waals surface area contributed by atoms with Crippen LogP contribution in [-0.2, 0) is 0 Å². The molecule has 114 valence electrons. The highest BCUT2D eigenvalue weighted by atomic mass is 79.9. The average molecular weight is 452 g/mol. The summed E-state index contributed by atoms with van der Waals surface area (Å²) in [7, 11) is 0. The second kappa shape index (κ2) is 5.70. The lowest BCUT2D eigenvalue weighted by Crippen LogP contribution is -2.15. The van der Waals surface area contributed by atoms with Gasteiger partial charge in [0.05, 0.1) is 10.9 Å². The largest absolute Gasteiger partial charge is 0.330 e. The Morgan fingerprint density at radius 1 is 1.13 bits per heavy atom. The molecule has 4 rings (SSSR count). The first-order valence-corrected chi connectivity index (χ1v) is 9.03. The topological polar surface area (TPSA) is 59.3 Å². The summed E-state index contributed by atoms with van der Waals surface area (Å²) >= 11 is 8.18. The SMILES string of the molecule is O=c1c2cc(Br)cc(Br)c2nc2sc(Nc3ccccc3)nn12. The maximum absolute atomic E-state index is 12.7. The zero-order valence-corrected chi connectivity index (χ0v) is 15.4. The van der Waals surface area contributed by atoms with Crippen molar-refractivity contribution in [3.05, 3.63) is 61.8 Å². The van der Waals surface area contributed by atoms with E-state index in [-0.39, 0.29) is 5.56 Å². The monoisotopic (exact) mass is 450 g/mol. The molecule has 0 saturated heterocycles. The summed E-state index contributed by atoms with van der Waals surface area (Å²) in [5.41, 5.74) is 1.35. The fourth-order valence-corrected chi connectivity index (χ4v) is 4.36. The van der Waals surface area contributed by atoms with Gasteiger partial charge in [-0.05, 0) is 40.2 Å². The van der Waals surface area contributed by atoms with Crippen molar-refractivity contribution in [2.75, 3.05) is 5.32 Å². The number of fused-ring (bicyclic) bond motifs is 2. The number of aromatic nitrogens is 3. The average Bonchev–Trinajstić information content (AvgIpc) is 2.93. The van der Waals surface area contributed by atoms with Crippen LogP contribution in [0.25, 0.3) is 15.9 Å².